The molecular formula is C16H20Cl2N4OS. The first-order chi connectivity index (χ1) is 11.2. The standard InChI is InChI=1S/C16H19ClN4OS.ClH/c17-13-3-1-2-12(10-13)15-20-21-16(23-15)19-14(22)5-4-11-6-8-18-9-7-11;/h1-3,10-11,18H,4-9H2,(H,19,21,22);1H. The Morgan fingerprint density at radius 1 is 1.33 bits per heavy atom. The molecule has 0 aliphatic carbocycles. The zero-order valence-electron chi connectivity index (χ0n) is 13.1. The van der Waals surface area contributed by atoms with Crippen LogP contribution in [0.25, 0.3) is 10.6 Å². The fourth-order valence-electron chi connectivity index (χ4n) is 2.70. The molecule has 0 unspecified atom stereocenters. The van der Waals surface area contributed by atoms with E-state index in [-0.39, 0.29) is 18.3 Å². The quantitative estimate of drug-likeness (QED) is 0.814. The summed E-state index contributed by atoms with van der Waals surface area (Å²) in [7, 11) is 0. The van der Waals surface area contributed by atoms with Crippen molar-refractivity contribution in [2.45, 2.75) is 25.7 Å². The van der Waals surface area contributed by atoms with Gasteiger partial charge in [-0.2, -0.15) is 0 Å². The number of hydrogen-bond acceptors (Lipinski definition) is 5. The molecule has 0 spiro atoms. The average Bonchev–Trinajstić information content (AvgIpc) is 3.02. The van der Waals surface area contributed by atoms with Crippen molar-refractivity contribution in [2.75, 3.05) is 18.4 Å². The Bertz CT molecular complexity index is 674. The minimum absolute atomic E-state index is 0. The molecule has 0 saturated carbocycles. The van der Waals surface area contributed by atoms with E-state index in [2.05, 4.69) is 20.8 Å². The van der Waals surface area contributed by atoms with Crippen molar-refractivity contribution in [3.8, 4) is 10.6 Å². The van der Waals surface area contributed by atoms with Crippen LogP contribution in [-0.4, -0.2) is 29.2 Å². The van der Waals surface area contributed by atoms with Gasteiger partial charge in [-0.3, -0.25) is 4.79 Å². The number of benzene rings is 1. The van der Waals surface area contributed by atoms with E-state index in [1.807, 2.05) is 24.3 Å². The minimum atomic E-state index is 0. The highest BCUT2D eigenvalue weighted by atomic mass is 35.5. The number of carbonyl (C=O) groups excluding carboxylic acids is 1. The molecule has 1 aromatic carbocycles. The van der Waals surface area contributed by atoms with Gasteiger partial charge in [0.15, 0.2) is 0 Å². The monoisotopic (exact) mass is 386 g/mol. The van der Waals surface area contributed by atoms with E-state index in [1.54, 1.807) is 0 Å². The number of piperidine rings is 1. The molecule has 24 heavy (non-hydrogen) atoms. The van der Waals surface area contributed by atoms with E-state index in [9.17, 15) is 4.79 Å². The maximum absolute atomic E-state index is 12.0. The van der Waals surface area contributed by atoms with Crippen LogP contribution < -0.4 is 10.6 Å². The van der Waals surface area contributed by atoms with Crippen molar-refractivity contribution < 1.29 is 4.79 Å². The van der Waals surface area contributed by atoms with E-state index in [1.165, 1.54) is 11.3 Å². The van der Waals surface area contributed by atoms with Crippen molar-refractivity contribution in [3.63, 3.8) is 0 Å². The van der Waals surface area contributed by atoms with E-state index >= 15 is 0 Å². The van der Waals surface area contributed by atoms with Crippen molar-refractivity contribution >= 4 is 46.4 Å². The second-order valence-corrected chi connectivity index (χ2v) is 7.12. The summed E-state index contributed by atoms with van der Waals surface area (Å²) in [5, 5.41) is 16.3. The van der Waals surface area contributed by atoms with Crippen LogP contribution >= 0.6 is 35.3 Å². The SMILES string of the molecule is Cl.O=C(CCC1CCNCC1)Nc1nnc(-c2cccc(Cl)c2)s1. The molecule has 2 N–H and O–H groups in total. The van der Waals surface area contributed by atoms with Gasteiger partial charge in [-0.25, -0.2) is 0 Å². The fraction of sp³-hybridized carbons (Fsp3) is 0.438. The summed E-state index contributed by atoms with van der Waals surface area (Å²) in [6, 6.07) is 7.45. The lowest BCUT2D eigenvalue weighted by atomic mass is 9.93. The summed E-state index contributed by atoms with van der Waals surface area (Å²) in [6.45, 7) is 2.12. The second kappa shape index (κ2) is 9.32. The lowest BCUT2D eigenvalue weighted by Gasteiger charge is -2.21. The third kappa shape index (κ3) is 5.41. The second-order valence-electron chi connectivity index (χ2n) is 5.70. The van der Waals surface area contributed by atoms with Crippen molar-refractivity contribution in [2.24, 2.45) is 5.92 Å². The average molecular weight is 387 g/mol. The highest BCUT2D eigenvalue weighted by molar-refractivity contribution is 7.18. The van der Waals surface area contributed by atoms with Crippen LogP contribution in [0.3, 0.4) is 0 Å². The van der Waals surface area contributed by atoms with Gasteiger partial charge in [0, 0.05) is 17.0 Å². The van der Waals surface area contributed by atoms with Crippen LogP contribution in [0.15, 0.2) is 24.3 Å². The van der Waals surface area contributed by atoms with Gasteiger partial charge < -0.3 is 10.6 Å². The smallest absolute Gasteiger partial charge is 0.226 e. The van der Waals surface area contributed by atoms with Crippen LogP contribution in [0.4, 0.5) is 5.13 Å². The van der Waals surface area contributed by atoms with Gasteiger partial charge in [0.05, 0.1) is 0 Å². The van der Waals surface area contributed by atoms with Crippen molar-refractivity contribution in [1.29, 1.82) is 0 Å². The molecule has 1 fully saturated rings. The fourth-order valence-corrected chi connectivity index (χ4v) is 3.65. The Morgan fingerprint density at radius 3 is 2.88 bits per heavy atom. The Labute approximate surface area is 156 Å². The van der Waals surface area contributed by atoms with Crippen LogP contribution in [0, 0.1) is 5.92 Å². The third-order valence-corrected chi connectivity index (χ3v) is 5.10. The Kier molecular flexibility index (Phi) is 7.42. The summed E-state index contributed by atoms with van der Waals surface area (Å²) < 4.78 is 0. The van der Waals surface area contributed by atoms with Crippen LogP contribution in [0.2, 0.25) is 5.02 Å². The summed E-state index contributed by atoms with van der Waals surface area (Å²) >= 11 is 7.34. The van der Waals surface area contributed by atoms with Crippen molar-refractivity contribution in [3.05, 3.63) is 29.3 Å². The number of halogens is 2. The molecule has 8 heteroatoms. The molecule has 1 aliphatic rings. The Morgan fingerprint density at radius 2 is 2.12 bits per heavy atom. The highest BCUT2D eigenvalue weighted by Gasteiger charge is 2.15. The number of aromatic nitrogens is 2. The summed E-state index contributed by atoms with van der Waals surface area (Å²) in [4.78, 5) is 12.0. The van der Waals surface area contributed by atoms with Gasteiger partial charge in [-0.05, 0) is 50.4 Å². The summed E-state index contributed by atoms with van der Waals surface area (Å²) in [5.41, 5.74) is 0.908. The molecule has 0 bridgehead atoms. The zero-order valence-corrected chi connectivity index (χ0v) is 15.5. The molecule has 130 valence electrons. The molecule has 1 amide bonds. The predicted octanol–water partition coefficient (Wildman–Crippen LogP) is 4.00. The van der Waals surface area contributed by atoms with Crippen LogP contribution in [0.1, 0.15) is 25.7 Å². The van der Waals surface area contributed by atoms with Gasteiger partial charge >= 0.3 is 0 Å². The molecule has 1 aromatic heterocycles. The number of hydrogen-bond donors (Lipinski definition) is 2. The molecule has 0 radical (unpaired) electrons. The normalized spacial score (nSPS) is 14.9. The van der Waals surface area contributed by atoms with E-state index in [4.69, 9.17) is 11.6 Å². The number of nitrogens with zero attached hydrogens (tertiary/aromatic N) is 2. The van der Waals surface area contributed by atoms with Gasteiger partial charge in [-0.15, -0.1) is 22.6 Å². The lowest BCUT2D eigenvalue weighted by Crippen LogP contribution is -2.28. The highest BCUT2D eigenvalue weighted by Crippen LogP contribution is 2.28. The first kappa shape index (κ1) is 19.1. The molecule has 3 rings (SSSR count). The predicted molar refractivity (Wildman–Crippen MR) is 101 cm³/mol. The van der Waals surface area contributed by atoms with Gasteiger partial charge in [0.25, 0.3) is 0 Å². The van der Waals surface area contributed by atoms with Crippen LogP contribution in [-0.2, 0) is 4.79 Å². The largest absolute Gasteiger partial charge is 0.317 e. The number of rotatable bonds is 5. The molecule has 2 heterocycles. The molecule has 1 saturated heterocycles. The molecule has 1 aliphatic heterocycles. The molecule has 0 atom stereocenters. The topological polar surface area (TPSA) is 66.9 Å². The molecule has 2 aromatic rings. The number of carbonyl (C=O) groups is 1. The maximum Gasteiger partial charge on any atom is 0.226 e. The minimum Gasteiger partial charge on any atom is -0.317 e. The Hall–Kier alpha value is -1.21. The van der Waals surface area contributed by atoms with Gasteiger partial charge in [-0.1, -0.05) is 35.1 Å². The molecular weight excluding hydrogens is 367 g/mol. The lowest BCUT2D eigenvalue weighted by molar-refractivity contribution is -0.116. The van der Waals surface area contributed by atoms with E-state index < -0.39 is 0 Å². The number of amides is 1. The third-order valence-electron chi connectivity index (χ3n) is 3.98. The van der Waals surface area contributed by atoms with Crippen molar-refractivity contribution in [1.82, 2.24) is 15.5 Å². The first-order valence-electron chi connectivity index (χ1n) is 7.81. The summed E-state index contributed by atoms with van der Waals surface area (Å²) in [5.74, 6) is 0.663. The van der Waals surface area contributed by atoms with Gasteiger partial charge in [0.1, 0.15) is 5.01 Å². The van der Waals surface area contributed by atoms with E-state index in [0.717, 1.165) is 42.9 Å². The number of nitrogens with one attached hydrogen (secondary N) is 2. The maximum atomic E-state index is 12.0. The molecule has 5 nitrogen and oxygen atoms in total. The van der Waals surface area contributed by atoms with Gasteiger partial charge in [0.2, 0.25) is 11.0 Å². The van der Waals surface area contributed by atoms with Crippen LogP contribution in [0.5, 0.6) is 0 Å². The Balaban J connectivity index is 0.00000208. The summed E-state index contributed by atoms with van der Waals surface area (Å²) in [6.07, 6.45) is 3.79. The number of anilines is 1. The van der Waals surface area contributed by atoms with E-state index in [0.29, 0.717) is 22.5 Å². The zero-order chi connectivity index (χ0) is 16.1. The first-order valence-corrected chi connectivity index (χ1v) is 9.00.